The van der Waals surface area contributed by atoms with E-state index in [4.69, 9.17) is 27.9 Å². The summed E-state index contributed by atoms with van der Waals surface area (Å²) in [5.41, 5.74) is 0.746. The highest BCUT2D eigenvalue weighted by atomic mass is 35.5. The van der Waals surface area contributed by atoms with E-state index >= 15 is 0 Å². The largest absolute Gasteiger partial charge is 0.464 e. The lowest BCUT2D eigenvalue weighted by Crippen LogP contribution is -2.29. The number of ether oxygens (including phenoxy) is 1. The number of nitrogens with one attached hydrogen (secondary N) is 1. The first-order valence-electron chi connectivity index (χ1n) is 6.61. The maximum Gasteiger partial charge on any atom is 0.325 e. The topological polar surface area (TPSA) is 55.4 Å². The molecule has 0 atom stereocenters. The molecule has 1 aliphatic rings. The van der Waals surface area contributed by atoms with Gasteiger partial charge >= 0.3 is 5.97 Å². The van der Waals surface area contributed by atoms with E-state index in [-0.39, 0.29) is 12.5 Å². The van der Waals surface area contributed by atoms with Crippen LogP contribution in [0.4, 0.5) is 0 Å². The van der Waals surface area contributed by atoms with E-state index < -0.39 is 5.97 Å². The number of hydrogen-bond donors (Lipinski definition) is 1. The zero-order chi connectivity index (χ0) is 15.2. The number of rotatable bonds is 6. The quantitative estimate of drug-likeness (QED) is 0.645. The van der Waals surface area contributed by atoms with E-state index in [1.807, 2.05) is 0 Å². The molecule has 0 spiro atoms. The minimum absolute atomic E-state index is 0.128. The van der Waals surface area contributed by atoms with Crippen LogP contribution in [0.25, 0.3) is 6.08 Å². The van der Waals surface area contributed by atoms with Gasteiger partial charge in [-0.15, -0.1) is 0 Å². The zero-order valence-corrected chi connectivity index (χ0v) is 12.8. The molecule has 21 heavy (non-hydrogen) atoms. The van der Waals surface area contributed by atoms with Crippen LogP contribution in [0.1, 0.15) is 18.4 Å². The van der Waals surface area contributed by atoms with E-state index in [1.165, 1.54) is 6.08 Å². The molecular weight excluding hydrogens is 313 g/mol. The number of carbonyl (C=O) groups excluding carboxylic acids is 2. The molecule has 112 valence electrons. The third-order valence-electron chi connectivity index (χ3n) is 2.95. The van der Waals surface area contributed by atoms with E-state index in [0.717, 1.165) is 18.4 Å². The summed E-state index contributed by atoms with van der Waals surface area (Å²) in [5.74, 6) is -0.276. The lowest BCUT2D eigenvalue weighted by Gasteiger charge is -2.04. The van der Waals surface area contributed by atoms with Crippen molar-refractivity contribution in [3.63, 3.8) is 0 Å². The minimum atomic E-state index is -0.418. The monoisotopic (exact) mass is 327 g/mol. The Kier molecular flexibility index (Phi) is 5.65. The van der Waals surface area contributed by atoms with Gasteiger partial charge in [0, 0.05) is 6.08 Å². The molecule has 0 unspecified atom stereocenters. The normalized spacial score (nSPS) is 14.2. The predicted octanol–water partition coefficient (Wildman–Crippen LogP) is 3.08. The molecule has 0 bridgehead atoms. The van der Waals surface area contributed by atoms with Gasteiger partial charge < -0.3 is 10.1 Å². The number of hydrogen-bond acceptors (Lipinski definition) is 3. The number of amides is 1. The molecule has 1 amide bonds. The van der Waals surface area contributed by atoms with Gasteiger partial charge in [0.1, 0.15) is 6.54 Å². The van der Waals surface area contributed by atoms with Crippen molar-refractivity contribution >= 4 is 41.2 Å². The molecule has 0 heterocycles. The van der Waals surface area contributed by atoms with Gasteiger partial charge in [-0.2, -0.15) is 0 Å². The van der Waals surface area contributed by atoms with Crippen molar-refractivity contribution in [3.05, 3.63) is 39.9 Å². The van der Waals surface area contributed by atoms with E-state index in [9.17, 15) is 9.59 Å². The van der Waals surface area contributed by atoms with Gasteiger partial charge in [-0.25, -0.2) is 0 Å². The van der Waals surface area contributed by atoms with Crippen LogP contribution in [0, 0.1) is 5.92 Å². The molecule has 6 heteroatoms. The smallest absolute Gasteiger partial charge is 0.325 e. The first-order chi connectivity index (χ1) is 10.0. The average Bonchev–Trinajstić information content (AvgIpc) is 3.28. The van der Waals surface area contributed by atoms with Crippen molar-refractivity contribution in [2.45, 2.75) is 12.8 Å². The summed E-state index contributed by atoms with van der Waals surface area (Å²) in [7, 11) is 0. The van der Waals surface area contributed by atoms with Gasteiger partial charge in [-0.3, -0.25) is 9.59 Å². The SMILES string of the molecule is O=C(/C=C/c1ccc(Cl)c(Cl)c1)NCC(=O)OCC1CC1. The van der Waals surface area contributed by atoms with Crippen LogP contribution in [0.15, 0.2) is 24.3 Å². The molecule has 0 aliphatic heterocycles. The molecule has 0 radical (unpaired) electrons. The highest BCUT2D eigenvalue weighted by Crippen LogP contribution is 2.28. The Labute approximate surface area is 133 Å². The highest BCUT2D eigenvalue weighted by molar-refractivity contribution is 6.42. The molecule has 1 aromatic rings. The summed E-state index contributed by atoms with van der Waals surface area (Å²) in [6.07, 6.45) is 5.15. The second kappa shape index (κ2) is 7.48. The van der Waals surface area contributed by atoms with Crippen molar-refractivity contribution in [2.24, 2.45) is 5.92 Å². The van der Waals surface area contributed by atoms with Crippen LogP contribution in [-0.4, -0.2) is 25.0 Å². The van der Waals surface area contributed by atoms with Gasteiger partial charge in [0.2, 0.25) is 5.91 Å². The molecule has 1 aromatic carbocycles. The van der Waals surface area contributed by atoms with Gasteiger partial charge in [0.15, 0.2) is 0 Å². The van der Waals surface area contributed by atoms with E-state index in [2.05, 4.69) is 5.32 Å². The molecule has 4 nitrogen and oxygen atoms in total. The fourth-order valence-electron chi connectivity index (χ4n) is 1.55. The molecule has 1 aliphatic carbocycles. The van der Waals surface area contributed by atoms with Crippen molar-refractivity contribution < 1.29 is 14.3 Å². The van der Waals surface area contributed by atoms with Crippen LogP contribution in [0.3, 0.4) is 0 Å². The van der Waals surface area contributed by atoms with Crippen molar-refractivity contribution in [1.82, 2.24) is 5.32 Å². The molecule has 1 N–H and O–H groups in total. The van der Waals surface area contributed by atoms with Crippen LogP contribution in [-0.2, 0) is 14.3 Å². The summed E-state index contributed by atoms with van der Waals surface area (Å²) >= 11 is 11.7. The Morgan fingerprint density at radius 2 is 2.05 bits per heavy atom. The zero-order valence-electron chi connectivity index (χ0n) is 11.3. The maximum absolute atomic E-state index is 11.6. The molecular formula is C15H15Cl2NO3. The number of esters is 1. The van der Waals surface area contributed by atoms with Crippen LogP contribution in [0.5, 0.6) is 0 Å². The summed E-state index contributed by atoms with van der Waals surface area (Å²) in [4.78, 5) is 22.9. The third-order valence-corrected chi connectivity index (χ3v) is 3.69. The fraction of sp³-hybridized carbons (Fsp3) is 0.333. The second-order valence-corrected chi connectivity index (χ2v) is 5.67. The predicted molar refractivity (Wildman–Crippen MR) is 82.2 cm³/mol. The van der Waals surface area contributed by atoms with Crippen molar-refractivity contribution in [2.75, 3.05) is 13.2 Å². The first-order valence-corrected chi connectivity index (χ1v) is 7.37. The Bertz CT molecular complexity index is 568. The molecule has 1 saturated carbocycles. The minimum Gasteiger partial charge on any atom is -0.464 e. The molecule has 0 saturated heterocycles. The standard InChI is InChI=1S/C15H15Cl2NO3/c16-12-5-3-10(7-13(12)17)4-6-14(19)18-8-15(20)21-9-11-1-2-11/h3-7,11H,1-2,8-9H2,(H,18,19)/b6-4+. The van der Waals surface area contributed by atoms with E-state index in [1.54, 1.807) is 24.3 Å². The fourth-order valence-corrected chi connectivity index (χ4v) is 1.86. The summed E-state index contributed by atoms with van der Waals surface area (Å²) in [6.45, 7) is 0.324. The van der Waals surface area contributed by atoms with E-state index in [0.29, 0.717) is 22.6 Å². The van der Waals surface area contributed by atoms with Crippen molar-refractivity contribution in [1.29, 1.82) is 0 Å². The Balaban J connectivity index is 1.73. The average molecular weight is 328 g/mol. The lowest BCUT2D eigenvalue weighted by molar-refractivity contribution is -0.144. The van der Waals surface area contributed by atoms with Crippen molar-refractivity contribution in [3.8, 4) is 0 Å². The number of halogens is 2. The Morgan fingerprint density at radius 3 is 2.71 bits per heavy atom. The summed E-state index contributed by atoms with van der Waals surface area (Å²) in [6, 6.07) is 5.04. The van der Waals surface area contributed by atoms with Gasteiger partial charge in [0.05, 0.1) is 16.7 Å². The van der Waals surface area contributed by atoms with Gasteiger partial charge in [-0.05, 0) is 42.5 Å². The van der Waals surface area contributed by atoms with Crippen LogP contribution < -0.4 is 5.32 Å². The third kappa shape index (κ3) is 5.78. The molecule has 0 aromatic heterocycles. The van der Waals surface area contributed by atoms with Gasteiger partial charge in [-0.1, -0.05) is 29.3 Å². The highest BCUT2D eigenvalue weighted by Gasteiger charge is 2.22. The molecule has 1 fully saturated rings. The first kappa shape index (κ1) is 15.9. The van der Waals surface area contributed by atoms with Crippen LogP contribution in [0.2, 0.25) is 10.0 Å². The van der Waals surface area contributed by atoms with Crippen LogP contribution >= 0.6 is 23.2 Å². The van der Waals surface area contributed by atoms with Gasteiger partial charge in [0.25, 0.3) is 0 Å². The lowest BCUT2D eigenvalue weighted by atomic mass is 10.2. The number of carbonyl (C=O) groups is 2. The summed E-state index contributed by atoms with van der Waals surface area (Å²) < 4.78 is 5.00. The Morgan fingerprint density at radius 1 is 1.29 bits per heavy atom. The number of benzene rings is 1. The maximum atomic E-state index is 11.6. The Hall–Kier alpha value is -1.52. The summed E-state index contributed by atoms with van der Waals surface area (Å²) in [5, 5.41) is 3.34. The second-order valence-electron chi connectivity index (χ2n) is 4.85. The molecule has 2 rings (SSSR count).